The molecule has 5 heteroatoms. The van der Waals surface area contributed by atoms with Gasteiger partial charge in [0, 0.05) is 12.4 Å². The van der Waals surface area contributed by atoms with Gasteiger partial charge < -0.3 is 4.48 Å². The lowest BCUT2D eigenvalue weighted by Crippen LogP contribution is -2.60. The Morgan fingerprint density at radius 1 is 1.22 bits per heavy atom. The molecule has 1 aromatic heterocycles. The molecule has 96 valence electrons. The lowest BCUT2D eigenvalue weighted by molar-refractivity contribution is -0.935. The van der Waals surface area contributed by atoms with E-state index < -0.39 is 0 Å². The minimum absolute atomic E-state index is 0.0431. The molecule has 1 aromatic rings. The van der Waals surface area contributed by atoms with Gasteiger partial charge >= 0.3 is 0 Å². The average Bonchev–Trinajstić information content (AvgIpc) is 2.41. The van der Waals surface area contributed by atoms with Crippen molar-refractivity contribution in [1.82, 2.24) is 9.97 Å². The summed E-state index contributed by atoms with van der Waals surface area (Å²) in [5.74, 6) is 1.37. The van der Waals surface area contributed by atoms with Crippen molar-refractivity contribution in [3.05, 3.63) is 18.5 Å². The molecule has 3 saturated heterocycles. The normalized spacial score (nSPS) is 30.1. The van der Waals surface area contributed by atoms with Crippen LogP contribution in [0.1, 0.15) is 19.3 Å². The van der Waals surface area contributed by atoms with Gasteiger partial charge in [-0.3, -0.25) is 10.1 Å². The molecule has 1 N–H and O–H groups in total. The molecule has 4 rings (SSSR count). The van der Waals surface area contributed by atoms with E-state index in [9.17, 15) is 4.79 Å². The summed E-state index contributed by atoms with van der Waals surface area (Å²) in [6.45, 7) is 4.06. The highest BCUT2D eigenvalue weighted by molar-refractivity contribution is 5.89. The van der Waals surface area contributed by atoms with E-state index >= 15 is 0 Å². The molecule has 3 aliphatic heterocycles. The van der Waals surface area contributed by atoms with Crippen LogP contribution in [0.2, 0.25) is 0 Å². The second-order valence-corrected chi connectivity index (χ2v) is 5.52. The van der Waals surface area contributed by atoms with Crippen molar-refractivity contribution in [3.63, 3.8) is 0 Å². The summed E-state index contributed by atoms with van der Waals surface area (Å²) >= 11 is 0. The van der Waals surface area contributed by atoms with Gasteiger partial charge in [0.15, 0.2) is 6.54 Å². The molecule has 5 nitrogen and oxygen atoms in total. The predicted octanol–water partition coefficient (Wildman–Crippen LogP) is 1.05. The molecule has 3 fully saturated rings. The third kappa shape index (κ3) is 2.36. The first-order valence-corrected chi connectivity index (χ1v) is 6.68. The topological polar surface area (TPSA) is 54.9 Å². The molecule has 3 aliphatic rings. The number of quaternary nitrogens is 1. The van der Waals surface area contributed by atoms with Crippen molar-refractivity contribution in [2.45, 2.75) is 19.3 Å². The lowest BCUT2D eigenvalue weighted by Gasteiger charge is -2.48. The van der Waals surface area contributed by atoms with Crippen molar-refractivity contribution in [2.24, 2.45) is 5.92 Å². The molecular formula is C13H19N4O+. The minimum Gasteiger partial charge on any atom is -0.316 e. The number of hydrogen-bond donors (Lipinski definition) is 1. The number of carbonyl (C=O) groups is 1. The van der Waals surface area contributed by atoms with Crippen molar-refractivity contribution in [2.75, 3.05) is 31.5 Å². The summed E-state index contributed by atoms with van der Waals surface area (Å²) < 4.78 is 0.967. The summed E-state index contributed by atoms with van der Waals surface area (Å²) in [6, 6.07) is 1.74. The summed E-state index contributed by atoms with van der Waals surface area (Å²) in [6.07, 6.45) is 7.14. The number of rotatable bonds is 3. The van der Waals surface area contributed by atoms with Gasteiger partial charge in [-0.15, -0.1) is 0 Å². The molecule has 18 heavy (non-hydrogen) atoms. The maximum absolute atomic E-state index is 12.1. The second-order valence-electron chi connectivity index (χ2n) is 5.52. The van der Waals surface area contributed by atoms with Crippen LogP contribution in [0.25, 0.3) is 0 Å². The Morgan fingerprint density at radius 2 is 1.83 bits per heavy atom. The first-order valence-electron chi connectivity index (χ1n) is 6.68. The average molecular weight is 247 g/mol. The highest BCUT2D eigenvalue weighted by Crippen LogP contribution is 2.33. The van der Waals surface area contributed by atoms with Gasteiger partial charge in [-0.05, 0) is 31.2 Å². The van der Waals surface area contributed by atoms with Crippen LogP contribution >= 0.6 is 0 Å². The Labute approximate surface area is 107 Å². The van der Waals surface area contributed by atoms with E-state index in [1.807, 2.05) is 0 Å². The van der Waals surface area contributed by atoms with E-state index in [1.54, 1.807) is 18.5 Å². The van der Waals surface area contributed by atoms with Crippen LogP contribution < -0.4 is 5.32 Å². The van der Waals surface area contributed by atoms with Crippen molar-refractivity contribution in [3.8, 4) is 0 Å². The van der Waals surface area contributed by atoms with Crippen LogP contribution in [0.4, 0.5) is 5.95 Å². The molecular weight excluding hydrogens is 228 g/mol. The van der Waals surface area contributed by atoms with Gasteiger partial charge in [0.05, 0.1) is 19.6 Å². The van der Waals surface area contributed by atoms with Crippen LogP contribution in [0.5, 0.6) is 0 Å². The van der Waals surface area contributed by atoms with Crippen LogP contribution in [-0.2, 0) is 4.79 Å². The minimum atomic E-state index is 0.0431. The fourth-order valence-corrected chi connectivity index (χ4v) is 3.21. The van der Waals surface area contributed by atoms with Gasteiger partial charge in [-0.25, -0.2) is 9.97 Å². The van der Waals surface area contributed by atoms with E-state index in [0.29, 0.717) is 12.5 Å². The number of piperidine rings is 3. The molecule has 0 saturated carbocycles. The Bertz CT molecular complexity index is 412. The van der Waals surface area contributed by atoms with Crippen molar-refractivity contribution < 1.29 is 9.28 Å². The van der Waals surface area contributed by atoms with Crippen molar-refractivity contribution >= 4 is 11.9 Å². The third-order valence-electron chi connectivity index (χ3n) is 4.33. The van der Waals surface area contributed by atoms with E-state index in [2.05, 4.69) is 15.3 Å². The summed E-state index contributed by atoms with van der Waals surface area (Å²) in [7, 11) is 0. The number of amides is 1. The van der Waals surface area contributed by atoms with Gasteiger partial charge in [0.1, 0.15) is 0 Å². The molecule has 0 unspecified atom stereocenters. The van der Waals surface area contributed by atoms with E-state index in [1.165, 1.54) is 19.3 Å². The Balaban J connectivity index is 1.61. The maximum atomic E-state index is 12.1. The molecule has 0 atom stereocenters. The molecule has 0 aromatic carbocycles. The van der Waals surface area contributed by atoms with Crippen LogP contribution in [0.15, 0.2) is 18.5 Å². The molecule has 4 heterocycles. The molecule has 0 spiro atoms. The first kappa shape index (κ1) is 11.6. The molecule has 1 amide bonds. The summed E-state index contributed by atoms with van der Waals surface area (Å²) in [5.41, 5.74) is 0. The second kappa shape index (κ2) is 4.65. The van der Waals surface area contributed by atoms with Gasteiger partial charge in [-0.1, -0.05) is 0 Å². The third-order valence-corrected chi connectivity index (χ3v) is 4.33. The zero-order valence-electron chi connectivity index (χ0n) is 10.5. The van der Waals surface area contributed by atoms with E-state index in [4.69, 9.17) is 0 Å². The van der Waals surface area contributed by atoms with E-state index in [0.717, 1.165) is 30.0 Å². The fraction of sp³-hybridized carbons (Fsp3) is 0.615. The number of hydrogen-bond acceptors (Lipinski definition) is 3. The van der Waals surface area contributed by atoms with Gasteiger partial charge in [0.25, 0.3) is 5.91 Å². The fourth-order valence-electron chi connectivity index (χ4n) is 3.21. The smallest absolute Gasteiger partial charge is 0.281 e. The largest absolute Gasteiger partial charge is 0.316 e. The lowest BCUT2D eigenvalue weighted by atomic mass is 9.86. The Morgan fingerprint density at radius 3 is 2.44 bits per heavy atom. The van der Waals surface area contributed by atoms with Gasteiger partial charge in [-0.2, -0.15) is 0 Å². The maximum Gasteiger partial charge on any atom is 0.281 e. The van der Waals surface area contributed by atoms with Crippen LogP contribution in [0.3, 0.4) is 0 Å². The quantitative estimate of drug-likeness (QED) is 0.812. The molecule has 0 radical (unpaired) electrons. The predicted molar refractivity (Wildman–Crippen MR) is 67.7 cm³/mol. The zero-order valence-corrected chi connectivity index (χ0v) is 10.5. The number of aromatic nitrogens is 2. The number of fused-ring (bicyclic) bond motifs is 3. The monoisotopic (exact) mass is 247 g/mol. The van der Waals surface area contributed by atoms with E-state index in [-0.39, 0.29) is 5.91 Å². The number of carbonyl (C=O) groups excluding carboxylic acids is 1. The molecule has 2 bridgehead atoms. The zero-order chi connectivity index (χ0) is 12.4. The number of nitrogens with one attached hydrogen (secondary N) is 1. The summed E-state index contributed by atoms with van der Waals surface area (Å²) in [5, 5.41) is 2.79. The Kier molecular flexibility index (Phi) is 2.99. The SMILES string of the molecule is O=C(C[N+]12CCC(CC1)CC2)Nc1ncccn1. The first-order chi connectivity index (χ1) is 8.76. The van der Waals surface area contributed by atoms with Gasteiger partial charge in [0.2, 0.25) is 5.95 Å². The van der Waals surface area contributed by atoms with Crippen LogP contribution in [0, 0.1) is 5.92 Å². The van der Waals surface area contributed by atoms with Crippen LogP contribution in [-0.4, -0.2) is 46.5 Å². The highest BCUT2D eigenvalue weighted by Gasteiger charge is 2.40. The standard InChI is InChI=1S/C13H18N4O/c18-12(16-13-14-5-1-6-15-13)10-17-7-2-11(3-8-17)4-9-17/h1,5-6,11H,2-4,7-10H2/p+1. The van der Waals surface area contributed by atoms with Crippen molar-refractivity contribution in [1.29, 1.82) is 0 Å². The highest BCUT2D eigenvalue weighted by atomic mass is 16.2. The number of anilines is 1. The molecule has 0 aliphatic carbocycles. The Hall–Kier alpha value is -1.49. The number of nitrogens with zero attached hydrogens (tertiary/aromatic N) is 3. The summed E-state index contributed by atoms with van der Waals surface area (Å²) in [4.78, 5) is 20.1.